The van der Waals surface area contributed by atoms with Crippen LogP contribution in [-0.4, -0.2) is 13.2 Å². The van der Waals surface area contributed by atoms with Crippen LogP contribution < -0.4 is 5.32 Å². The van der Waals surface area contributed by atoms with E-state index in [1.54, 1.807) is 0 Å². The molecule has 0 unspecified atom stereocenters. The lowest BCUT2D eigenvalue weighted by molar-refractivity contribution is 0.244. The van der Waals surface area contributed by atoms with Gasteiger partial charge in [-0.3, -0.25) is 0 Å². The highest BCUT2D eigenvalue weighted by molar-refractivity contribution is 9.13. The Hall–Kier alpha value is -0.260. The van der Waals surface area contributed by atoms with Gasteiger partial charge in [-0.1, -0.05) is 6.58 Å². The molecule has 1 rings (SSSR count). The first-order valence-corrected chi connectivity index (χ1v) is 6.19. The van der Waals surface area contributed by atoms with Gasteiger partial charge in [0.05, 0.1) is 23.9 Å². The van der Waals surface area contributed by atoms with Crippen molar-refractivity contribution in [3.63, 3.8) is 0 Å². The average Bonchev–Trinajstić information content (AvgIpc) is 2.52. The van der Waals surface area contributed by atoms with Crippen LogP contribution in [0.15, 0.2) is 32.5 Å². The largest absolute Gasteiger partial charge is 0.502 e. The summed E-state index contributed by atoms with van der Waals surface area (Å²) < 4.78 is 12.1. The van der Waals surface area contributed by atoms with Crippen molar-refractivity contribution < 1.29 is 9.15 Å². The predicted octanol–water partition coefficient (Wildman–Crippen LogP) is 3.44. The molecule has 1 N–H and O–H groups in total. The zero-order valence-electron chi connectivity index (χ0n) is 8.26. The Balaban J connectivity index is 2.12. The second-order valence-electron chi connectivity index (χ2n) is 2.90. The van der Waals surface area contributed by atoms with Gasteiger partial charge in [0.15, 0.2) is 4.67 Å². The molecule has 1 heterocycles. The van der Waals surface area contributed by atoms with Crippen LogP contribution in [0.1, 0.15) is 12.2 Å². The molecular formula is C10H13Br2NO2. The Morgan fingerprint density at radius 1 is 1.53 bits per heavy atom. The molecular weight excluding hydrogens is 326 g/mol. The maximum Gasteiger partial charge on any atom is 0.183 e. The van der Waals surface area contributed by atoms with Crippen LogP contribution in [0.25, 0.3) is 0 Å². The van der Waals surface area contributed by atoms with E-state index in [2.05, 4.69) is 43.8 Å². The third kappa shape index (κ3) is 4.86. The number of halogens is 2. The number of furan rings is 1. The minimum Gasteiger partial charge on any atom is -0.502 e. The minimum atomic E-state index is 0.696. The summed E-state index contributed by atoms with van der Waals surface area (Å²) in [6.45, 7) is 5.78. The topological polar surface area (TPSA) is 34.4 Å². The summed E-state index contributed by atoms with van der Waals surface area (Å²) in [6.07, 6.45) is 2.41. The van der Waals surface area contributed by atoms with E-state index in [0.29, 0.717) is 6.61 Å². The lowest BCUT2D eigenvalue weighted by Crippen LogP contribution is -2.15. The second-order valence-corrected chi connectivity index (χ2v) is 4.48. The average molecular weight is 339 g/mol. The molecule has 0 saturated carbocycles. The summed E-state index contributed by atoms with van der Waals surface area (Å²) >= 11 is 6.65. The van der Waals surface area contributed by atoms with Crippen molar-refractivity contribution in [2.75, 3.05) is 13.2 Å². The standard InChI is InChI=1S/C10H13Br2NO2/c1-2-14-5-3-4-13-7-8-6-9(11)10(12)15-8/h2,6,13H,1,3-5,7H2. The SMILES string of the molecule is C=COCCCNCc1cc(Br)c(Br)o1. The fourth-order valence-electron chi connectivity index (χ4n) is 1.05. The molecule has 0 aliphatic carbocycles. The Labute approximate surface area is 106 Å². The van der Waals surface area contributed by atoms with E-state index < -0.39 is 0 Å². The van der Waals surface area contributed by atoms with Crippen molar-refractivity contribution in [2.45, 2.75) is 13.0 Å². The Bertz CT molecular complexity index is 293. The van der Waals surface area contributed by atoms with Gasteiger partial charge in [0.2, 0.25) is 0 Å². The van der Waals surface area contributed by atoms with Crippen molar-refractivity contribution in [3.05, 3.63) is 33.8 Å². The minimum absolute atomic E-state index is 0.696. The zero-order chi connectivity index (χ0) is 11.1. The van der Waals surface area contributed by atoms with E-state index in [1.165, 1.54) is 6.26 Å². The van der Waals surface area contributed by atoms with E-state index in [9.17, 15) is 0 Å². The van der Waals surface area contributed by atoms with Crippen LogP contribution in [0.4, 0.5) is 0 Å². The van der Waals surface area contributed by atoms with Gasteiger partial charge < -0.3 is 14.5 Å². The monoisotopic (exact) mass is 337 g/mol. The van der Waals surface area contributed by atoms with Gasteiger partial charge in [-0.15, -0.1) is 0 Å². The van der Waals surface area contributed by atoms with E-state index in [-0.39, 0.29) is 0 Å². The molecule has 3 nitrogen and oxygen atoms in total. The van der Waals surface area contributed by atoms with Gasteiger partial charge in [0.25, 0.3) is 0 Å². The van der Waals surface area contributed by atoms with Crippen molar-refractivity contribution in [3.8, 4) is 0 Å². The molecule has 0 bridgehead atoms. The first-order valence-electron chi connectivity index (χ1n) is 4.61. The van der Waals surface area contributed by atoms with Crippen LogP contribution in [0, 0.1) is 0 Å². The maximum atomic E-state index is 5.40. The van der Waals surface area contributed by atoms with Gasteiger partial charge >= 0.3 is 0 Å². The molecule has 0 aliphatic rings. The van der Waals surface area contributed by atoms with Crippen molar-refractivity contribution in [1.82, 2.24) is 5.32 Å². The Morgan fingerprint density at radius 3 is 2.93 bits per heavy atom. The van der Waals surface area contributed by atoms with Crippen LogP contribution >= 0.6 is 31.9 Å². The third-order valence-corrected chi connectivity index (χ3v) is 3.44. The number of hydrogen-bond acceptors (Lipinski definition) is 3. The van der Waals surface area contributed by atoms with Crippen LogP contribution in [0.2, 0.25) is 0 Å². The van der Waals surface area contributed by atoms with Gasteiger partial charge in [-0.25, -0.2) is 0 Å². The van der Waals surface area contributed by atoms with Crippen molar-refractivity contribution >= 4 is 31.9 Å². The smallest absolute Gasteiger partial charge is 0.183 e. The van der Waals surface area contributed by atoms with Crippen LogP contribution in [0.3, 0.4) is 0 Å². The molecule has 84 valence electrons. The molecule has 0 spiro atoms. The molecule has 5 heteroatoms. The van der Waals surface area contributed by atoms with Gasteiger partial charge in [0.1, 0.15) is 5.76 Å². The van der Waals surface area contributed by atoms with E-state index in [1.807, 2.05) is 6.07 Å². The molecule has 0 radical (unpaired) electrons. The first kappa shape index (κ1) is 12.8. The second kappa shape index (κ2) is 7.09. The number of rotatable bonds is 7. The van der Waals surface area contributed by atoms with Crippen LogP contribution in [0.5, 0.6) is 0 Å². The summed E-state index contributed by atoms with van der Waals surface area (Å²) in [4.78, 5) is 0. The normalized spacial score (nSPS) is 10.3. The molecule has 0 amide bonds. The Morgan fingerprint density at radius 2 is 2.33 bits per heavy atom. The summed E-state index contributed by atoms with van der Waals surface area (Å²) in [5, 5.41) is 3.25. The number of ether oxygens (including phenoxy) is 1. The first-order chi connectivity index (χ1) is 7.24. The fraction of sp³-hybridized carbons (Fsp3) is 0.400. The quantitative estimate of drug-likeness (QED) is 0.611. The van der Waals surface area contributed by atoms with Crippen molar-refractivity contribution in [1.29, 1.82) is 0 Å². The predicted molar refractivity (Wildman–Crippen MR) is 66.6 cm³/mol. The summed E-state index contributed by atoms with van der Waals surface area (Å²) in [5.74, 6) is 0.901. The highest BCUT2D eigenvalue weighted by Gasteiger charge is 2.04. The molecule has 0 saturated heterocycles. The summed E-state index contributed by atoms with van der Waals surface area (Å²) in [5.41, 5.74) is 0. The molecule has 1 aromatic heterocycles. The lowest BCUT2D eigenvalue weighted by Gasteiger charge is -2.02. The van der Waals surface area contributed by atoms with E-state index >= 15 is 0 Å². The highest BCUT2D eigenvalue weighted by Crippen LogP contribution is 2.26. The molecule has 0 fully saturated rings. The van der Waals surface area contributed by atoms with Gasteiger partial charge in [0, 0.05) is 0 Å². The number of hydrogen-bond donors (Lipinski definition) is 1. The Kier molecular flexibility index (Phi) is 6.05. The molecule has 0 atom stereocenters. The molecule has 0 aromatic carbocycles. The summed E-state index contributed by atoms with van der Waals surface area (Å²) in [7, 11) is 0. The molecule has 0 aliphatic heterocycles. The fourth-order valence-corrected chi connectivity index (χ4v) is 1.71. The highest BCUT2D eigenvalue weighted by atomic mass is 79.9. The van der Waals surface area contributed by atoms with Gasteiger partial charge in [-0.2, -0.15) is 0 Å². The van der Waals surface area contributed by atoms with E-state index in [0.717, 1.165) is 34.4 Å². The maximum absolute atomic E-state index is 5.40. The zero-order valence-corrected chi connectivity index (χ0v) is 11.4. The van der Waals surface area contributed by atoms with Crippen molar-refractivity contribution in [2.24, 2.45) is 0 Å². The molecule has 1 aromatic rings. The lowest BCUT2D eigenvalue weighted by atomic mass is 10.4. The van der Waals surface area contributed by atoms with E-state index in [4.69, 9.17) is 9.15 Å². The molecule has 15 heavy (non-hydrogen) atoms. The summed E-state index contributed by atoms with van der Waals surface area (Å²) in [6, 6.07) is 1.94. The van der Waals surface area contributed by atoms with Gasteiger partial charge in [-0.05, 0) is 50.9 Å². The third-order valence-electron chi connectivity index (χ3n) is 1.73. The number of nitrogens with one attached hydrogen (secondary N) is 1. The van der Waals surface area contributed by atoms with Crippen LogP contribution in [-0.2, 0) is 11.3 Å².